The van der Waals surface area contributed by atoms with E-state index in [1.165, 1.54) is 7.11 Å². The zero-order chi connectivity index (χ0) is 13.1. The summed E-state index contributed by atoms with van der Waals surface area (Å²) in [4.78, 5) is 11.7. The molecule has 4 N–H and O–H groups in total. The van der Waals surface area contributed by atoms with Gasteiger partial charge in [0, 0.05) is 12.1 Å². The molecule has 0 fully saturated rings. The first-order chi connectivity index (χ1) is 7.83. The molecular weight excluding hydrogens is 220 g/mol. The van der Waals surface area contributed by atoms with E-state index in [1.807, 2.05) is 0 Å². The van der Waals surface area contributed by atoms with Crippen molar-refractivity contribution in [1.82, 2.24) is 5.32 Å². The number of anilines is 1. The molecular formula is C12H18N2O3. The number of carbonyl (C=O) groups is 1. The van der Waals surface area contributed by atoms with Gasteiger partial charge in [0.25, 0.3) is 5.91 Å². The van der Waals surface area contributed by atoms with Gasteiger partial charge in [-0.05, 0) is 32.0 Å². The quantitative estimate of drug-likeness (QED) is 0.677. The minimum Gasteiger partial charge on any atom is -0.495 e. The summed E-state index contributed by atoms with van der Waals surface area (Å²) in [5.74, 6) is 0.255. The Bertz CT molecular complexity index is 411. The number of aliphatic hydroxyl groups is 1. The van der Waals surface area contributed by atoms with Gasteiger partial charge < -0.3 is 20.9 Å². The number of amides is 1. The first-order valence-electron chi connectivity index (χ1n) is 5.27. The van der Waals surface area contributed by atoms with Crippen molar-refractivity contribution >= 4 is 11.6 Å². The molecule has 0 spiro atoms. The highest BCUT2D eigenvalue weighted by Gasteiger charge is 2.15. The zero-order valence-corrected chi connectivity index (χ0v) is 10.3. The zero-order valence-electron chi connectivity index (χ0n) is 10.3. The number of rotatable bonds is 4. The third-order valence-electron chi connectivity index (χ3n) is 2.17. The summed E-state index contributed by atoms with van der Waals surface area (Å²) in [6.45, 7) is 3.42. The maximum Gasteiger partial charge on any atom is 0.251 e. The van der Waals surface area contributed by atoms with Crippen molar-refractivity contribution in [3.8, 4) is 5.75 Å². The number of nitrogen functional groups attached to an aromatic ring is 1. The lowest BCUT2D eigenvalue weighted by Gasteiger charge is -2.17. The van der Waals surface area contributed by atoms with E-state index < -0.39 is 5.60 Å². The minimum absolute atomic E-state index is 0.178. The molecule has 1 amide bonds. The molecule has 5 nitrogen and oxygen atoms in total. The average Bonchev–Trinajstić information content (AvgIpc) is 2.24. The molecule has 0 aromatic heterocycles. The maximum atomic E-state index is 11.7. The van der Waals surface area contributed by atoms with Crippen LogP contribution in [0.25, 0.3) is 0 Å². The molecule has 0 atom stereocenters. The van der Waals surface area contributed by atoms with Crippen LogP contribution in [0.1, 0.15) is 24.2 Å². The molecule has 0 aliphatic rings. The summed E-state index contributed by atoms with van der Waals surface area (Å²) < 4.78 is 5.00. The van der Waals surface area contributed by atoms with E-state index in [-0.39, 0.29) is 12.5 Å². The Balaban J connectivity index is 2.73. The predicted molar refractivity (Wildman–Crippen MR) is 66.0 cm³/mol. The normalized spacial score (nSPS) is 11.1. The molecule has 1 aromatic rings. The van der Waals surface area contributed by atoms with Crippen LogP contribution in [-0.2, 0) is 0 Å². The molecule has 0 unspecified atom stereocenters. The molecule has 0 aliphatic heterocycles. The van der Waals surface area contributed by atoms with E-state index >= 15 is 0 Å². The highest BCUT2D eigenvalue weighted by molar-refractivity contribution is 5.95. The van der Waals surface area contributed by atoms with Gasteiger partial charge in [-0.1, -0.05) is 0 Å². The summed E-state index contributed by atoms with van der Waals surface area (Å²) in [5, 5.41) is 12.1. The second-order valence-corrected chi connectivity index (χ2v) is 4.45. The van der Waals surface area contributed by atoms with Gasteiger partial charge in [-0.3, -0.25) is 4.79 Å². The number of nitrogens with one attached hydrogen (secondary N) is 1. The first kappa shape index (κ1) is 13.3. The number of benzene rings is 1. The molecule has 1 aromatic carbocycles. The second-order valence-electron chi connectivity index (χ2n) is 4.45. The van der Waals surface area contributed by atoms with Gasteiger partial charge >= 0.3 is 0 Å². The predicted octanol–water partition coefficient (Wildman–Crippen LogP) is 0.778. The van der Waals surface area contributed by atoms with E-state index in [9.17, 15) is 9.90 Å². The Kier molecular flexibility index (Phi) is 3.96. The van der Waals surface area contributed by atoms with Crippen molar-refractivity contribution in [2.45, 2.75) is 19.4 Å². The highest BCUT2D eigenvalue weighted by Crippen LogP contribution is 2.21. The lowest BCUT2D eigenvalue weighted by atomic mass is 10.1. The van der Waals surface area contributed by atoms with Crippen LogP contribution in [0.15, 0.2) is 18.2 Å². The smallest absolute Gasteiger partial charge is 0.251 e. The lowest BCUT2D eigenvalue weighted by Crippen LogP contribution is -2.38. The van der Waals surface area contributed by atoms with E-state index in [0.717, 1.165) is 0 Å². The van der Waals surface area contributed by atoms with Crippen LogP contribution in [0.5, 0.6) is 5.75 Å². The largest absolute Gasteiger partial charge is 0.495 e. The maximum absolute atomic E-state index is 11.7. The van der Waals surface area contributed by atoms with E-state index in [2.05, 4.69) is 5.32 Å². The van der Waals surface area contributed by atoms with E-state index in [4.69, 9.17) is 10.5 Å². The SMILES string of the molecule is COc1ccc(C(=O)NCC(C)(C)O)cc1N. The van der Waals surface area contributed by atoms with Crippen LogP contribution in [-0.4, -0.2) is 30.3 Å². The van der Waals surface area contributed by atoms with Gasteiger partial charge in [0.05, 0.1) is 18.4 Å². The van der Waals surface area contributed by atoms with Crippen molar-refractivity contribution in [3.05, 3.63) is 23.8 Å². The second kappa shape index (κ2) is 5.05. The Morgan fingerprint density at radius 3 is 2.65 bits per heavy atom. The average molecular weight is 238 g/mol. The van der Waals surface area contributed by atoms with Crippen molar-refractivity contribution in [2.75, 3.05) is 19.4 Å². The van der Waals surface area contributed by atoms with Crippen molar-refractivity contribution in [3.63, 3.8) is 0 Å². The Hall–Kier alpha value is -1.75. The highest BCUT2D eigenvalue weighted by atomic mass is 16.5. The van der Waals surface area contributed by atoms with Crippen LogP contribution in [0.3, 0.4) is 0 Å². The number of nitrogens with two attached hydrogens (primary N) is 1. The van der Waals surface area contributed by atoms with Crippen molar-refractivity contribution < 1.29 is 14.6 Å². The minimum atomic E-state index is -0.937. The van der Waals surface area contributed by atoms with Crippen LogP contribution in [0, 0.1) is 0 Å². The number of carbonyl (C=O) groups excluding carboxylic acids is 1. The van der Waals surface area contributed by atoms with Crippen LogP contribution < -0.4 is 15.8 Å². The van der Waals surface area contributed by atoms with E-state index in [1.54, 1.807) is 32.0 Å². The van der Waals surface area contributed by atoms with Crippen molar-refractivity contribution in [2.24, 2.45) is 0 Å². The molecule has 94 valence electrons. The van der Waals surface area contributed by atoms with Gasteiger partial charge in [0.2, 0.25) is 0 Å². The monoisotopic (exact) mass is 238 g/mol. The first-order valence-corrected chi connectivity index (χ1v) is 5.27. The topological polar surface area (TPSA) is 84.6 Å². The third kappa shape index (κ3) is 3.96. The summed E-state index contributed by atoms with van der Waals surface area (Å²) in [5.41, 5.74) is 5.60. The fraction of sp³-hybridized carbons (Fsp3) is 0.417. The molecule has 0 heterocycles. The summed E-state index contributed by atoms with van der Waals surface area (Å²) in [6, 6.07) is 4.79. The number of ether oxygens (including phenoxy) is 1. The summed E-state index contributed by atoms with van der Waals surface area (Å²) >= 11 is 0. The van der Waals surface area contributed by atoms with Gasteiger partial charge in [-0.15, -0.1) is 0 Å². The summed E-state index contributed by atoms with van der Waals surface area (Å²) in [7, 11) is 1.51. The molecule has 0 saturated heterocycles. The van der Waals surface area contributed by atoms with Crippen LogP contribution >= 0.6 is 0 Å². The fourth-order valence-corrected chi connectivity index (χ4v) is 1.27. The molecule has 0 bridgehead atoms. The van der Waals surface area contributed by atoms with Crippen LogP contribution in [0.2, 0.25) is 0 Å². The molecule has 5 heteroatoms. The summed E-state index contributed by atoms with van der Waals surface area (Å²) in [6.07, 6.45) is 0. The molecule has 0 saturated carbocycles. The molecule has 0 radical (unpaired) electrons. The lowest BCUT2D eigenvalue weighted by molar-refractivity contribution is 0.0694. The third-order valence-corrected chi connectivity index (χ3v) is 2.17. The van der Waals surface area contributed by atoms with Gasteiger partial charge in [0.1, 0.15) is 5.75 Å². The van der Waals surface area contributed by atoms with Crippen LogP contribution in [0.4, 0.5) is 5.69 Å². The van der Waals surface area contributed by atoms with Gasteiger partial charge in [-0.2, -0.15) is 0 Å². The Labute approximate surface area is 101 Å². The number of hydrogen-bond donors (Lipinski definition) is 3. The van der Waals surface area contributed by atoms with Gasteiger partial charge in [0.15, 0.2) is 0 Å². The van der Waals surface area contributed by atoms with E-state index in [0.29, 0.717) is 17.0 Å². The number of methoxy groups -OCH3 is 1. The molecule has 17 heavy (non-hydrogen) atoms. The number of hydrogen-bond acceptors (Lipinski definition) is 4. The fourth-order valence-electron chi connectivity index (χ4n) is 1.27. The van der Waals surface area contributed by atoms with Gasteiger partial charge in [-0.25, -0.2) is 0 Å². The molecule has 0 aliphatic carbocycles. The molecule has 1 rings (SSSR count). The Morgan fingerprint density at radius 1 is 1.53 bits per heavy atom. The standard InChI is InChI=1S/C12H18N2O3/c1-12(2,16)7-14-11(15)8-4-5-10(17-3)9(13)6-8/h4-6,16H,7,13H2,1-3H3,(H,14,15). The van der Waals surface area contributed by atoms with Crippen molar-refractivity contribution in [1.29, 1.82) is 0 Å². The Morgan fingerprint density at radius 2 is 2.18 bits per heavy atom.